The molecule has 2 nitrogen and oxygen atoms in total. The molecular weight excluding hydrogens is 351 g/mol. The Balaban J connectivity index is 2.03. The molecule has 0 saturated heterocycles. The lowest BCUT2D eigenvalue weighted by Crippen LogP contribution is -2.09. The van der Waals surface area contributed by atoms with Crippen molar-refractivity contribution >= 4 is 44.0 Å². The van der Waals surface area contributed by atoms with Crippen molar-refractivity contribution in [1.82, 2.24) is 4.57 Å². The second-order valence-electron chi connectivity index (χ2n) is 4.79. The Morgan fingerprint density at radius 1 is 1.24 bits per heavy atom. The van der Waals surface area contributed by atoms with Crippen LogP contribution in [0.15, 0.2) is 53.1 Å². The summed E-state index contributed by atoms with van der Waals surface area (Å²) in [6.45, 7) is 0.656. The van der Waals surface area contributed by atoms with Gasteiger partial charge in [-0.1, -0.05) is 30.4 Å². The van der Waals surface area contributed by atoms with E-state index in [1.165, 1.54) is 6.07 Å². The van der Waals surface area contributed by atoms with Crippen molar-refractivity contribution in [3.8, 4) is 0 Å². The van der Waals surface area contributed by atoms with Crippen LogP contribution in [0.1, 0.15) is 11.1 Å². The SMILES string of the molecule is NC(=S)c1cccc2c1ccn2Cc1ccc(F)c(Br)c1. The average molecular weight is 363 g/mol. The first-order chi connectivity index (χ1) is 10.1. The van der Waals surface area contributed by atoms with E-state index in [-0.39, 0.29) is 5.82 Å². The molecule has 21 heavy (non-hydrogen) atoms. The highest BCUT2D eigenvalue weighted by Gasteiger charge is 2.08. The number of fused-ring (bicyclic) bond motifs is 1. The van der Waals surface area contributed by atoms with E-state index < -0.39 is 0 Å². The number of thiocarbonyl (C=S) groups is 1. The number of aromatic nitrogens is 1. The zero-order valence-electron chi connectivity index (χ0n) is 11.0. The summed E-state index contributed by atoms with van der Waals surface area (Å²) >= 11 is 8.29. The Kier molecular flexibility index (Phi) is 3.78. The minimum atomic E-state index is -0.258. The lowest BCUT2D eigenvalue weighted by molar-refractivity contribution is 0.619. The largest absolute Gasteiger partial charge is 0.389 e. The van der Waals surface area contributed by atoms with Crippen molar-refractivity contribution < 1.29 is 4.39 Å². The van der Waals surface area contributed by atoms with Crippen molar-refractivity contribution in [2.75, 3.05) is 0 Å². The summed E-state index contributed by atoms with van der Waals surface area (Å²) in [5, 5.41) is 1.03. The maximum Gasteiger partial charge on any atom is 0.137 e. The van der Waals surface area contributed by atoms with E-state index in [1.807, 2.05) is 30.5 Å². The molecule has 0 fully saturated rings. The molecule has 106 valence electrons. The van der Waals surface area contributed by atoms with Gasteiger partial charge < -0.3 is 10.3 Å². The van der Waals surface area contributed by atoms with E-state index in [9.17, 15) is 4.39 Å². The molecule has 0 aliphatic heterocycles. The fourth-order valence-corrected chi connectivity index (χ4v) is 3.02. The third-order valence-electron chi connectivity index (χ3n) is 3.42. The zero-order chi connectivity index (χ0) is 15.0. The van der Waals surface area contributed by atoms with E-state index >= 15 is 0 Å². The Hall–Kier alpha value is -1.72. The van der Waals surface area contributed by atoms with Crippen molar-refractivity contribution in [3.05, 3.63) is 70.1 Å². The lowest BCUT2D eigenvalue weighted by Gasteiger charge is -2.08. The van der Waals surface area contributed by atoms with E-state index in [1.54, 1.807) is 12.1 Å². The Labute approximate surface area is 135 Å². The zero-order valence-corrected chi connectivity index (χ0v) is 13.4. The third kappa shape index (κ3) is 2.71. The van der Waals surface area contributed by atoms with Gasteiger partial charge in [-0.25, -0.2) is 4.39 Å². The van der Waals surface area contributed by atoms with Gasteiger partial charge in [0.15, 0.2) is 0 Å². The summed E-state index contributed by atoms with van der Waals surface area (Å²) in [5.41, 5.74) is 8.70. The van der Waals surface area contributed by atoms with Crippen LogP contribution in [0.2, 0.25) is 0 Å². The molecular formula is C16H12BrFN2S. The average Bonchev–Trinajstić information content (AvgIpc) is 2.86. The molecule has 5 heteroatoms. The minimum absolute atomic E-state index is 0.258. The highest BCUT2D eigenvalue weighted by atomic mass is 79.9. The smallest absolute Gasteiger partial charge is 0.137 e. The molecule has 1 heterocycles. The Morgan fingerprint density at radius 3 is 2.76 bits per heavy atom. The van der Waals surface area contributed by atoms with Crippen LogP contribution < -0.4 is 5.73 Å². The van der Waals surface area contributed by atoms with Crippen LogP contribution in [-0.4, -0.2) is 9.56 Å². The summed E-state index contributed by atoms with van der Waals surface area (Å²) in [4.78, 5) is 0.392. The predicted molar refractivity (Wildman–Crippen MR) is 91.0 cm³/mol. The number of benzene rings is 2. The number of rotatable bonds is 3. The number of hydrogen-bond donors (Lipinski definition) is 1. The van der Waals surface area contributed by atoms with Gasteiger partial charge in [-0.3, -0.25) is 0 Å². The lowest BCUT2D eigenvalue weighted by atomic mass is 10.1. The van der Waals surface area contributed by atoms with Crippen LogP contribution in [-0.2, 0) is 6.54 Å². The van der Waals surface area contributed by atoms with Crippen molar-refractivity contribution in [3.63, 3.8) is 0 Å². The predicted octanol–water partition coefficient (Wildman–Crippen LogP) is 4.23. The summed E-state index contributed by atoms with van der Waals surface area (Å²) in [6.07, 6.45) is 1.99. The van der Waals surface area contributed by atoms with E-state index in [0.717, 1.165) is 22.0 Å². The van der Waals surface area contributed by atoms with Gasteiger partial charge in [0, 0.05) is 29.2 Å². The molecule has 3 rings (SSSR count). The summed E-state index contributed by atoms with van der Waals surface area (Å²) < 4.78 is 15.9. The van der Waals surface area contributed by atoms with Gasteiger partial charge in [-0.15, -0.1) is 0 Å². The fraction of sp³-hybridized carbons (Fsp3) is 0.0625. The molecule has 0 aliphatic rings. The van der Waals surface area contributed by atoms with Gasteiger partial charge in [0.05, 0.1) is 4.47 Å². The second-order valence-corrected chi connectivity index (χ2v) is 6.09. The number of nitrogens with zero attached hydrogens (tertiary/aromatic N) is 1. The molecule has 3 aromatic rings. The number of nitrogens with two attached hydrogens (primary N) is 1. The molecule has 0 atom stereocenters. The van der Waals surface area contributed by atoms with Crippen LogP contribution in [0.3, 0.4) is 0 Å². The first kappa shape index (κ1) is 14.2. The maximum atomic E-state index is 13.3. The Morgan fingerprint density at radius 2 is 2.05 bits per heavy atom. The molecule has 0 saturated carbocycles. The van der Waals surface area contributed by atoms with Crippen molar-refractivity contribution in [2.24, 2.45) is 5.73 Å². The molecule has 0 spiro atoms. The molecule has 0 radical (unpaired) electrons. The van der Waals surface area contributed by atoms with Gasteiger partial charge in [0.1, 0.15) is 10.8 Å². The molecule has 0 bridgehead atoms. The van der Waals surface area contributed by atoms with Gasteiger partial charge in [0.2, 0.25) is 0 Å². The molecule has 2 N–H and O–H groups in total. The van der Waals surface area contributed by atoms with Crippen LogP contribution in [0.25, 0.3) is 10.9 Å². The summed E-state index contributed by atoms with van der Waals surface area (Å²) in [6, 6.07) is 12.9. The van der Waals surface area contributed by atoms with Crippen LogP contribution in [0.4, 0.5) is 4.39 Å². The van der Waals surface area contributed by atoms with Gasteiger partial charge in [-0.2, -0.15) is 0 Å². The fourth-order valence-electron chi connectivity index (χ4n) is 2.41. The van der Waals surface area contributed by atoms with Gasteiger partial charge in [0.25, 0.3) is 0 Å². The molecule has 0 unspecified atom stereocenters. The highest BCUT2D eigenvalue weighted by Crippen LogP contribution is 2.23. The van der Waals surface area contributed by atoms with Crippen molar-refractivity contribution in [2.45, 2.75) is 6.54 Å². The summed E-state index contributed by atoms with van der Waals surface area (Å²) in [5.74, 6) is -0.258. The first-order valence-electron chi connectivity index (χ1n) is 6.38. The van der Waals surface area contributed by atoms with Crippen LogP contribution in [0.5, 0.6) is 0 Å². The topological polar surface area (TPSA) is 30.9 Å². The highest BCUT2D eigenvalue weighted by molar-refractivity contribution is 9.10. The van der Waals surface area contributed by atoms with E-state index in [0.29, 0.717) is 16.0 Å². The molecule has 0 amide bonds. The van der Waals surface area contributed by atoms with E-state index in [2.05, 4.69) is 20.5 Å². The van der Waals surface area contributed by atoms with Crippen LogP contribution in [0, 0.1) is 5.82 Å². The monoisotopic (exact) mass is 362 g/mol. The van der Waals surface area contributed by atoms with Gasteiger partial charge >= 0.3 is 0 Å². The van der Waals surface area contributed by atoms with Gasteiger partial charge in [-0.05, 0) is 45.8 Å². The van der Waals surface area contributed by atoms with Crippen LogP contribution >= 0.6 is 28.1 Å². The Bertz CT molecular complexity index is 841. The number of halogens is 2. The third-order valence-corrected chi connectivity index (χ3v) is 4.24. The molecule has 2 aromatic carbocycles. The molecule has 1 aromatic heterocycles. The normalized spacial score (nSPS) is 11.0. The number of hydrogen-bond acceptors (Lipinski definition) is 1. The minimum Gasteiger partial charge on any atom is -0.389 e. The standard InChI is InChI=1S/C16H12BrFN2S/c17-13-8-10(4-5-14(13)18)9-20-7-6-11-12(16(19)21)2-1-3-15(11)20/h1-8H,9H2,(H2,19,21). The van der Waals surface area contributed by atoms with Crippen molar-refractivity contribution in [1.29, 1.82) is 0 Å². The molecule has 0 aliphatic carbocycles. The maximum absolute atomic E-state index is 13.3. The first-order valence-corrected chi connectivity index (χ1v) is 7.58. The second kappa shape index (κ2) is 5.58. The summed E-state index contributed by atoms with van der Waals surface area (Å²) in [7, 11) is 0. The quantitative estimate of drug-likeness (QED) is 0.707. The van der Waals surface area contributed by atoms with E-state index in [4.69, 9.17) is 18.0 Å².